The summed E-state index contributed by atoms with van der Waals surface area (Å²) in [5.41, 5.74) is -0.398. The number of halogens is 2. The predicted molar refractivity (Wildman–Crippen MR) is 61.4 cm³/mol. The Balaban J connectivity index is 2.23. The Bertz CT molecular complexity index is 416. The van der Waals surface area contributed by atoms with Crippen LogP contribution >= 0.6 is 11.8 Å². The lowest BCUT2D eigenvalue weighted by Gasteiger charge is -2.26. The van der Waals surface area contributed by atoms with Crippen LogP contribution < -0.4 is 0 Å². The van der Waals surface area contributed by atoms with E-state index in [0.29, 0.717) is 13.1 Å². The smallest absolute Gasteiger partial charge is 0.282 e. The summed E-state index contributed by atoms with van der Waals surface area (Å²) < 4.78 is 26.7. The van der Waals surface area contributed by atoms with Gasteiger partial charge in [0.05, 0.1) is 5.56 Å². The summed E-state index contributed by atoms with van der Waals surface area (Å²) in [6, 6.07) is 0. The Morgan fingerprint density at radius 2 is 2.12 bits per heavy atom. The van der Waals surface area contributed by atoms with Gasteiger partial charge in [0.25, 0.3) is 12.3 Å². The molecule has 7 heteroatoms. The molecule has 1 amide bonds. The third kappa shape index (κ3) is 2.59. The van der Waals surface area contributed by atoms with Gasteiger partial charge in [-0.25, -0.2) is 8.78 Å². The van der Waals surface area contributed by atoms with Gasteiger partial charge in [-0.3, -0.25) is 9.48 Å². The van der Waals surface area contributed by atoms with Crippen molar-refractivity contribution in [3.8, 4) is 0 Å². The Kier molecular flexibility index (Phi) is 3.66. The van der Waals surface area contributed by atoms with Crippen molar-refractivity contribution in [2.24, 2.45) is 7.05 Å². The molecule has 1 fully saturated rings. The largest absolute Gasteiger partial charge is 0.337 e. The van der Waals surface area contributed by atoms with E-state index in [1.54, 1.807) is 16.7 Å². The molecule has 0 aliphatic carbocycles. The van der Waals surface area contributed by atoms with Crippen molar-refractivity contribution in [1.29, 1.82) is 0 Å². The maximum Gasteiger partial charge on any atom is 0.282 e. The number of aromatic nitrogens is 2. The standard InChI is InChI=1S/C10H13F2N3OS/c1-14-6-7(8(13-14)9(11)12)10(16)15-2-4-17-5-3-15/h6,9H,2-5H2,1H3. The summed E-state index contributed by atoms with van der Waals surface area (Å²) in [6.45, 7) is 1.22. The molecule has 17 heavy (non-hydrogen) atoms. The van der Waals surface area contributed by atoms with Crippen LogP contribution in [0.2, 0.25) is 0 Å². The van der Waals surface area contributed by atoms with Gasteiger partial charge in [0.1, 0.15) is 5.69 Å². The molecule has 2 rings (SSSR count). The monoisotopic (exact) mass is 261 g/mol. The summed E-state index contributed by atoms with van der Waals surface area (Å²) in [5.74, 6) is 1.38. The predicted octanol–water partition coefficient (Wildman–Crippen LogP) is 1.55. The van der Waals surface area contributed by atoms with Crippen LogP contribution in [0.15, 0.2) is 6.20 Å². The molecule has 1 aromatic rings. The highest BCUT2D eigenvalue weighted by atomic mass is 32.2. The Morgan fingerprint density at radius 1 is 1.47 bits per heavy atom. The van der Waals surface area contributed by atoms with Crippen LogP contribution in [-0.2, 0) is 7.05 Å². The molecular weight excluding hydrogens is 248 g/mol. The molecule has 0 aromatic carbocycles. The molecule has 2 heterocycles. The lowest BCUT2D eigenvalue weighted by atomic mass is 10.2. The molecule has 0 bridgehead atoms. The van der Waals surface area contributed by atoms with E-state index in [1.807, 2.05) is 0 Å². The Hall–Kier alpha value is -1.11. The van der Waals surface area contributed by atoms with E-state index in [-0.39, 0.29) is 11.5 Å². The van der Waals surface area contributed by atoms with Crippen LogP contribution in [0.1, 0.15) is 22.5 Å². The first-order chi connectivity index (χ1) is 8.09. The number of amides is 1. The summed E-state index contributed by atoms with van der Waals surface area (Å²) in [6.07, 6.45) is -1.35. The minimum Gasteiger partial charge on any atom is -0.337 e. The topological polar surface area (TPSA) is 38.1 Å². The van der Waals surface area contributed by atoms with Gasteiger partial charge >= 0.3 is 0 Å². The third-order valence-electron chi connectivity index (χ3n) is 2.59. The van der Waals surface area contributed by atoms with Crippen LogP contribution in [0.5, 0.6) is 0 Å². The molecule has 1 aromatic heterocycles. The quantitative estimate of drug-likeness (QED) is 0.810. The second kappa shape index (κ2) is 5.03. The van der Waals surface area contributed by atoms with E-state index in [1.165, 1.54) is 17.9 Å². The molecule has 1 aliphatic rings. The molecule has 0 spiro atoms. The van der Waals surface area contributed by atoms with Gasteiger partial charge in [0.2, 0.25) is 0 Å². The van der Waals surface area contributed by atoms with Crippen LogP contribution in [0.3, 0.4) is 0 Å². The Labute approximate surface area is 102 Å². The average molecular weight is 261 g/mol. The van der Waals surface area contributed by atoms with E-state index < -0.39 is 12.1 Å². The van der Waals surface area contributed by atoms with Crippen LogP contribution in [0, 0.1) is 0 Å². The first kappa shape index (κ1) is 12.3. The zero-order valence-corrected chi connectivity index (χ0v) is 10.2. The zero-order valence-electron chi connectivity index (χ0n) is 9.40. The van der Waals surface area contributed by atoms with E-state index in [9.17, 15) is 13.6 Å². The highest BCUT2D eigenvalue weighted by Gasteiger charge is 2.26. The molecule has 0 saturated carbocycles. The van der Waals surface area contributed by atoms with E-state index in [0.717, 1.165) is 11.5 Å². The van der Waals surface area contributed by atoms with Crippen molar-refractivity contribution in [2.75, 3.05) is 24.6 Å². The molecule has 0 N–H and O–H groups in total. The average Bonchev–Trinajstić information content (AvgIpc) is 2.72. The summed E-state index contributed by atoms with van der Waals surface area (Å²) in [5, 5.41) is 3.64. The van der Waals surface area contributed by atoms with Gasteiger partial charge in [0, 0.05) is 37.8 Å². The highest BCUT2D eigenvalue weighted by molar-refractivity contribution is 7.99. The van der Waals surface area contributed by atoms with E-state index >= 15 is 0 Å². The fourth-order valence-corrected chi connectivity index (χ4v) is 2.67. The number of thioether (sulfide) groups is 1. The molecule has 0 unspecified atom stereocenters. The van der Waals surface area contributed by atoms with Crippen molar-refractivity contribution in [1.82, 2.24) is 14.7 Å². The number of aryl methyl sites for hydroxylation is 1. The molecule has 94 valence electrons. The number of hydrogen-bond donors (Lipinski definition) is 0. The highest BCUT2D eigenvalue weighted by Crippen LogP contribution is 2.23. The summed E-state index contributed by atoms with van der Waals surface area (Å²) in [7, 11) is 1.54. The van der Waals surface area contributed by atoms with Crippen LogP contribution in [-0.4, -0.2) is 45.2 Å². The number of carbonyl (C=O) groups excluding carboxylic acids is 1. The van der Waals surface area contributed by atoms with Crippen molar-refractivity contribution >= 4 is 17.7 Å². The number of hydrogen-bond acceptors (Lipinski definition) is 3. The fraction of sp³-hybridized carbons (Fsp3) is 0.600. The second-order valence-corrected chi connectivity index (χ2v) is 5.03. The van der Waals surface area contributed by atoms with Gasteiger partial charge in [-0.2, -0.15) is 16.9 Å². The minimum atomic E-state index is -2.71. The number of rotatable bonds is 2. The normalized spacial score (nSPS) is 16.6. The van der Waals surface area contributed by atoms with E-state index in [2.05, 4.69) is 5.10 Å². The number of carbonyl (C=O) groups is 1. The molecule has 1 aliphatic heterocycles. The molecule has 1 saturated heterocycles. The van der Waals surface area contributed by atoms with Gasteiger partial charge < -0.3 is 4.90 Å². The Morgan fingerprint density at radius 3 is 2.71 bits per heavy atom. The first-order valence-corrected chi connectivity index (χ1v) is 6.44. The molecule has 0 atom stereocenters. The van der Waals surface area contributed by atoms with Crippen LogP contribution in [0.25, 0.3) is 0 Å². The number of alkyl halides is 2. The van der Waals surface area contributed by atoms with Gasteiger partial charge in [-0.1, -0.05) is 0 Å². The molecular formula is C10H13F2N3OS. The summed E-state index contributed by atoms with van der Waals surface area (Å²) >= 11 is 1.76. The molecule has 4 nitrogen and oxygen atoms in total. The van der Waals surface area contributed by atoms with Gasteiger partial charge in [-0.05, 0) is 0 Å². The summed E-state index contributed by atoms with van der Waals surface area (Å²) in [4.78, 5) is 13.7. The SMILES string of the molecule is Cn1cc(C(=O)N2CCSCC2)c(C(F)F)n1. The first-order valence-electron chi connectivity index (χ1n) is 5.28. The maximum atomic E-state index is 12.7. The second-order valence-electron chi connectivity index (χ2n) is 3.81. The van der Waals surface area contributed by atoms with Crippen molar-refractivity contribution in [3.63, 3.8) is 0 Å². The lowest BCUT2D eigenvalue weighted by molar-refractivity contribution is 0.0759. The van der Waals surface area contributed by atoms with Crippen LogP contribution in [0.4, 0.5) is 8.78 Å². The zero-order chi connectivity index (χ0) is 12.4. The van der Waals surface area contributed by atoms with E-state index in [4.69, 9.17) is 0 Å². The van der Waals surface area contributed by atoms with Crippen molar-refractivity contribution < 1.29 is 13.6 Å². The maximum absolute atomic E-state index is 12.7. The van der Waals surface area contributed by atoms with Gasteiger partial charge in [0.15, 0.2) is 0 Å². The molecule has 0 radical (unpaired) electrons. The van der Waals surface area contributed by atoms with Crippen molar-refractivity contribution in [2.45, 2.75) is 6.43 Å². The minimum absolute atomic E-state index is 0.0226. The van der Waals surface area contributed by atoms with Crippen molar-refractivity contribution in [3.05, 3.63) is 17.5 Å². The third-order valence-corrected chi connectivity index (χ3v) is 3.54. The lowest BCUT2D eigenvalue weighted by Crippen LogP contribution is -2.38. The van der Waals surface area contributed by atoms with Gasteiger partial charge in [-0.15, -0.1) is 0 Å². The fourth-order valence-electron chi connectivity index (χ4n) is 1.77. The number of nitrogens with zero attached hydrogens (tertiary/aromatic N) is 3.